The molecule has 0 spiro atoms. The fourth-order valence-corrected chi connectivity index (χ4v) is 4.59. The Morgan fingerprint density at radius 3 is 2.36 bits per heavy atom. The summed E-state index contributed by atoms with van der Waals surface area (Å²) >= 11 is 6.06. The third kappa shape index (κ3) is 7.43. The van der Waals surface area contributed by atoms with Gasteiger partial charge in [0.05, 0.1) is 11.9 Å². The second-order valence-electron chi connectivity index (χ2n) is 7.81. The Hall–Kier alpha value is -2.65. The highest BCUT2D eigenvalue weighted by atomic mass is 35.5. The van der Waals surface area contributed by atoms with Crippen molar-refractivity contribution in [3.8, 4) is 0 Å². The van der Waals surface area contributed by atoms with Gasteiger partial charge < -0.3 is 10.2 Å². The van der Waals surface area contributed by atoms with Crippen LogP contribution in [-0.2, 0) is 26.2 Å². The van der Waals surface area contributed by atoms with E-state index in [1.807, 2.05) is 0 Å². The zero-order valence-corrected chi connectivity index (χ0v) is 20.7. The lowest BCUT2D eigenvalue weighted by Gasteiger charge is -2.29. The molecule has 1 N–H and O–H groups in total. The molecule has 0 heterocycles. The van der Waals surface area contributed by atoms with Crippen LogP contribution in [0.1, 0.15) is 30.9 Å². The fourth-order valence-electron chi connectivity index (χ4n) is 3.41. The van der Waals surface area contributed by atoms with E-state index in [1.54, 1.807) is 44.2 Å². The number of hydrogen-bond donors (Lipinski definition) is 1. The maximum absolute atomic E-state index is 13.2. The Kier molecular flexibility index (Phi) is 9.25. The molecule has 0 radical (unpaired) electrons. The second kappa shape index (κ2) is 11.5. The molecule has 2 amide bonds. The molecule has 33 heavy (non-hydrogen) atoms. The molecule has 0 unspecified atom stereocenters. The molecule has 10 heteroatoms. The van der Waals surface area contributed by atoms with Crippen LogP contribution in [0.2, 0.25) is 5.02 Å². The number of anilines is 1. The molecule has 7 nitrogen and oxygen atoms in total. The van der Waals surface area contributed by atoms with Crippen molar-refractivity contribution in [1.82, 2.24) is 10.2 Å². The third-order valence-electron chi connectivity index (χ3n) is 5.27. The van der Waals surface area contributed by atoms with E-state index in [0.717, 1.165) is 11.8 Å². The van der Waals surface area contributed by atoms with Crippen LogP contribution in [0.5, 0.6) is 0 Å². The number of carbonyl (C=O) groups is 2. The Morgan fingerprint density at radius 2 is 1.79 bits per heavy atom. The number of sulfonamides is 1. The molecule has 0 aliphatic heterocycles. The summed E-state index contributed by atoms with van der Waals surface area (Å²) in [5.41, 5.74) is 1.87. The van der Waals surface area contributed by atoms with Crippen molar-refractivity contribution in [1.29, 1.82) is 0 Å². The first-order valence-corrected chi connectivity index (χ1v) is 12.7. The molecule has 180 valence electrons. The lowest BCUT2D eigenvalue weighted by Crippen LogP contribution is -2.46. The normalized spacial score (nSPS) is 12.2. The van der Waals surface area contributed by atoms with E-state index in [9.17, 15) is 22.4 Å². The average Bonchev–Trinajstić information content (AvgIpc) is 2.76. The highest BCUT2D eigenvalue weighted by Crippen LogP contribution is 2.27. The summed E-state index contributed by atoms with van der Waals surface area (Å²) in [4.78, 5) is 26.7. The molecule has 0 bridgehead atoms. The predicted molar refractivity (Wildman–Crippen MR) is 128 cm³/mol. The molecule has 0 saturated carbocycles. The van der Waals surface area contributed by atoms with Crippen molar-refractivity contribution in [2.24, 2.45) is 0 Å². The molecule has 0 saturated heterocycles. The zero-order chi connectivity index (χ0) is 24.8. The van der Waals surface area contributed by atoms with Crippen molar-refractivity contribution in [2.45, 2.75) is 39.3 Å². The standard InChI is InChI=1S/C23H29ClFN3O4S/c1-16-7-10-19(24)14-21(16)28(33(4,31)32)13-5-6-22(29)27(17(2)23(30)26-3)15-18-8-11-20(25)12-9-18/h7-12,14,17H,5-6,13,15H2,1-4H3,(H,26,30)/t17-/m1/s1. The van der Waals surface area contributed by atoms with Gasteiger partial charge in [0.25, 0.3) is 0 Å². The molecular weight excluding hydrogens is 469 g/mol. The predicted octanol–water partition coefficient (Wildman–Crippen LogP) is 3.50. The first-order chi connectivity index (χ1) is 15.4. The van der Waals surface area contributed by atoms with Crippen LogP contribution >= 0.6 is 11.6 Å². The molecule has 2 aromatic carbocycles. The van der Waals surface area contributed by atoms with Gasteiger partial charge in [0, 0.05) is 31.6 Å². The van der Waals surface area contributed by atoms with Gasteiger partial charge in [-0.2, -0.15) is 0 Å². The summed E-state index contributed by atoms with van der Waals surface area (Å²) in [6.45, 7) is 3.59. The number of carbonyl (C=O) groups excluding carboxylic acids is 2. The van der Waals surface area contributed by atoms with Crippen molar-refractivity contribution < 1.29 is 22.4 Å². The van der Waals surface area contributed by atoms with Crippen LogP contribution in [0.25, 0.3) is 0 Å². The van der Waals surface area contributed by atoms with Gasteiger partial charge in [0.1, 0.15) is 11.9 Å². The number of nitrogens with one attached hydrogen (secondary N) is 1. The maximum Gasteiger partial charge on any atom is 0.242 e. The van der Waals surface area contributed by atoms with Gasteiger partial charge in [0.2, 0.25) is 21.8 Å². The second-order valence-corrected chi connectivity index (χ2v) is 10.2. The van der Waals surface area contributed by atoms with Gasteiger partial charge in [-0.05, 0) is 55.7 Å². The van der Waals surface area contributed by atoms with Crippen LogP contribution in [0.4, 0.5) is 10.1 Å². The lowest BCUT2D eigenvalue weighted by molar-refractivity contribution is -0.140. The van der Waals surface area contributed by atoms with Gasteiger partial charge in [-0.25, -0.2) is 12.8 Å². The monoisotopic (exact) mass is 497 g/mol. The molecule has 0 aliphatic carbocycles. The van der Waals surface area contributed by atoms with Gasteiger partial charge in [0.15, 0.2) is 0 Å². The number of rotatable bonds is 10. The van der Waals surface area contributed by atoms with E-state index in [2.05, 4.69) is 5.32 Å². The Morgan fingerprint density at radius 1 is 1.15 bits per heavy atom. The molecule has 1 atom stereocenters. The van der Waals surface area contributed by atoms with Crippen LogP contribution in [0.3, 0.4) is 0 Å². The van der Waals surface area contributed by atoms with Gasteiger partial charge in [-0.15, -0.1) is 0 Å². The fraction of sp³-hybridized carbons (Fsp3) is 0.391. The van der Waals surface area contributed by atoms with Gasteiger partial charge in [-0.3, -0.25) is 13.9 Å². The first-order valence-electron chi connectivity index (χ1n) is 10.4. The molecular formula is C23H29ClFN3O4S. The number of aryl methyl sites for hydroxylation is 1. The summed E-state index contributed by atoms with van der Waals surface area (Å²) in [5, 5.41) is 2.94. The van der Waals surface area contributed by atoms with Crippen molar-refractivity contribution in [3.63, 3.8) is 0 Å². The van der Waals surface area contributed by atoms with E-state index in [1.165, 1.54) is 28.4 Å². The number of nitrogens with zero attached hydrogens (tertiary/aromatic N) is 2. The summed E-state index contributed by atoms with van der Waals surface area (Å²) in [5.74, 6) is -1.04. The molecule has 2 aromatic rings. The van der Waals surface area contributed by atoms with Gasteiger partial charge >= 0.3 is 0 Å². The van der Waals surface area contributed by atoms with Crippen molar-refractivity contribution >= 4 is 39.1 Å². The largest absolute Gasteiger partial charge is 0.357 e. The van der Waals surface area contributed by atoms with E-state index in [-0.39, 0.29) is 37.7 Å². The van der Waals surface area contributed by atoms with E-state index in [4.69, 9.17) is 11.6 Å². The smallest absolute Gasteiger partial charge is 0.242 e. The minimum Gasteiger partial charge on any atom is -0.357 e. The summed E-state index contributed by atoms with van der Waals surface area (Å²) in [7, 11) is -2.13. The van der Waals surface area contributed by atoms with Crippen LogP contribution in [0.15, 0.2) is 42.5 Å². The first kappa shape index (κ1) is 26.6. The summed E-state index contributed by atoms with van der Waals surface area (Å²) in [6.07, 6.45) is 1.36. The quantitative estimate of drug-likeness (QED) is 0.544. The van der Waals surface area contributed by atoms with Crippen LogP contribution in [-0.4, -0.2) is 51.0 Å². The summed E-state index contributed by atoms with van der Waals surface area (Å²) in [6, 6.07) is 9.93. The highest BCUT2D eigenvalue weighted by molar-refractivity contribution is 7.92. The van der Waals surface area contributed by atoms with E-state index < -0.39 is 21.9 Å². The average molecular weight is 498 g/mol. The van der Waals surface area contributed by atoms with E-state index in [0.29, 0.717) is 16.3 Å². The molecule has 0 aliphatic rings. The Bertz CT molecular complexity index is 1090. The van der Waals surface area contributed by atoms with Crippen LogP contribution in [0, 0.1) is 12.7 Å². The van der Waals surface area contributed by atoms with Gasteiger partial charge in [-0.1, -0.05) is 29.8 Å². The zero-order valence-electron chi connectivity index (χ0n) is 19.1. The minimum absolute atomic E-state index is 0.0220. The number of amides is 2. The highest BCUT2D eigenvalue weighted by Gasteiger charge is 2.26. The van der Waals surface area contributed by atoms with Crippen LogP contribution < -0.4 is 9.62 Å². The Labute approximate surface area is 199 Å². The SMILES string of the molecule is CNC(=O)[C@@H](C)N(Cc1ccc(F)cc1)C(=O)CCCN(c1cc(Cl)ccc1C)S(C)(=O)=O. The molecule has 0 fully saturated rings. The number of benzene rings is 2. The minimum atomic E-state index is -3.61. The van der Waals surface area contributed by atoms with Crippen molar-refractivity contribution in [2.75, 3.05) is 24.2 Å². The maximum atomic E-state index is 13.2. The van der Waals surface area contributed by atoms with E-state index >= 15 is 0 Å². The number of halogens is 2. The number of likely N-dealkylation sites (N-methyl/N-ethyl adjacent to an activating group) is 1. The number of hydrogen-bond acceptors (Lipinski definition) is 4. The Balaban J connectivity index is 2.17. The summed E-state index contributed by atoms with van der Waals surface area (Å²) < 4.78 is 39.3. The van der Waals surface area contributed by atoms with Crippen molar-refractivity contribution in [3.05, 3.63) is 64.4 Å². The third-order valence-corrected chi connectivity index (χ3v) is 6.69. The molecule has 2 rings (SSSR count). The lowest BCUT2D eigenvalue weighted by atomic mass is 10.1. The molecule has 0 aromatic heterocycles. The topological polar surface area (TPSA) is 86.8 Å².